The zero-order valence-corrected chi connectivity index (χ0v) is 12.6. The maximum absolute atomic E-state index is 13.0. The van der Waals surface area contributed by atoms with Gasteiger partial charge in [0.15, 0.2) is 0 Å². The zero-order valence-electron chi connectivity index (χ0n) is 11.8. The van der Waals surface area contributed by atoms with E-state index in [2.05, 4.69) is 0 Å². The second-order valence-electron chi connectivity index (χ2n) is 5.61. The normalized spacial score (nSPS) is 18.6. The second kappa shape index (κ2) is 5.46. The number of alkyl halides is 3. The molecule has 1 fully saturated rings. The molecule has 1 heterocycles. The molecule has 21 heavy (non-hydrogen) atoms. The topological polar surface area (TPSA) is 38.5 Å². The summed E-state index contributed by atoms with van der Waals surface area (Å²) in [5, 5.41) is 0. The second-order valence-corrected chi connectivity index (χ2v) is 6.05. The van der Waals surface area contributed by atoms with E-state index in [0.29, 0.717) is 25.4 Å². The van der Waals surface area contributed by atoms with Gasteiger partial charge in [0.2, 0.25) is 0 Å². The van der Waals surface area contributed by atoms with Gasteiger partial charge >= 0.3 is 6.18 Å². The van der Waals surface area contributed by atoms with Crippen LogP contribution >= 0.6 is 12.2 Å². The van der Waals surface area contributed by atoms with Crippen molar-refractivity contribution in [3.8, 4) is 0 Å². The van der Waals surface area contributed by atoms with E-state index in [-0.39, 0.29) is 16.1 Å². The van der Waals surface area contributed by atoms with Gasteiger partial charge in [-0.1, -0.05) is 12.2 Å². The van der Waals surface area contributed by atoms with E-state index < -0.39 is 11.7 Å². The molecule has 0 radical (unpaired) electrons. The third-order valence-corrected chi connectivity index (χ3v) is 3.75. The molecule has 1 aromatic carbocycles. The Morgan fingerprint density at radius 2 is 2.05 bits per heavy atom. The highest BCUT2D eigenvalue weighted by Crippen LogP contribution is 2.35. The van der Waals surface area contributed by atoms with E-state index in [1.165, 1.54) is 12.1 Å². The Morgan fingerprint density at radius 1 is 1.38 bits per heavy atom. The first-order valence-electron chi connectivity index (χ1n) is 6.49. The molecule has 0 unspecified atom stereocenters. The molecule has 0 spiro atoms. The van der Waals surface area contributed by atoms with Gasteiger partial charge in [-0.25, -0.2) is 0 Å². The smallest absolute Gasteiger partial charge is 0.389 e. The van der Waals surface area contributed by atoms with Crippen LogP contribution in [0.1, 0.15) is 25.0 Å². The van der Waals surface area contributed by atoms with Crippen LogP contribution in [0.2, 0.25) is 0 Å². The van der Waals surface area contributed by atoms with Crippen LogP contribution < -0.4 is 10.6 Å². The van der Waals surface area contributed by atoms with Gasteiger partial charge in [0.1, 0.15) is 4.99 Å². The summed E-state index contributed by atoms with van der Waals surface area (Å²) >= 11 is 4.77. The van der Waals surface area contributed by atoms with E-state index in [4.69, 9.17) is 22.7 Å². The van der Waals surface area contributed by atoms with Gasteiger partial charge in [0, 0.05) is 17.8 Å². The van der Waals surface area contributed by atoms with Crippen molar-refractivity contribution in [2.75, 3.05) is 24.7 Å². The van der Waals surface area contributed by atoms with Crippen molar-refractivity contribution in [2.45, 2.75) is 25.6 Å². The van der Waals surface area contributed by atoms with Crippen LogP contribution in [-0.4, -0.2) is 30.3 Å². The number of ether oxygens (including phenoxy) is 1. The maximum atomic E-state index is 13.0. The van der Waals surface area contributed by atoms with E-state index >= 15 is 0 Å². The summed E-state index contributed by atoms with van der Waals surface area (Å²) in [7, 11) is 0. The Bertz CT molecular complexity index is 558. The fourth-order valence-electron chi connectivity index (χ4n) is 2.49. The quantitative estimate of drug-likeness (QED) is 0.851. The van der Waals surface area contributed by atoms with Gasteiger partial charge in [0.25, 0.3) is 0 Å². The number of thiocarbonyl (C=S) groups is 1. The summed E-state index contributed by atoms with van der Waals surface area (Å²) in [6, 6.07) is 3.91. The molecule has 0 aromatic heterocycles. The van der Waals surface area contributed by atoms with Crippen LogP contribution in [0.4, 0.5) is 18.9 Å². The molecule has 2 rings (SSSR count). The molecule has 1 aliphatic rings. The zero-order chi connectivity index (χ0) is 15.8. The summed E-state index contributed by atoms with van der Waals surface area (Å²) in [6.07, 6.45) is -4.47. The Labute approximate surface area is 126 Å². The van der Waals surface area contributed by atoms with Gasteiger partial charge in [-0.2, -0.15) is 13.2 Å². The predicted octanol–water partition coefficient (Wildman–Crippen LogP) is 2.95. The van der Waals surface area contributed by atoms with E-state index in [1.807, 2.05) is 18.7 Å². The maximum Gasteiger partial charge on any atom is 0.417 e. The molecule has 0 atom stereocenters. The summed E-state index contributed by atoms with van der Waals surface area (Å²) in [6.45, 7) is 5.60. The minimum absolute atomic E-state index is 0.141. The standard InChI is InChI=1S/C14H17F3N2OS/c1-13(2)8-20-6-5-19(13)9-3-4-11(14(15,16)17)10(7-9)12(18)21/h3-4,7H,5-6,8H2,1-2H3,(H2,18,21). The average molecular weight is 318 g/mol. The molecule has 0 aliphatic carbocycles. The minimum Gasteiger partial charge on any atom is -0.389 e. The number of morpholine rings is 1. The number of hydrogen-bond donors (Lipinski definition) is 1. The monoisotopic (exact) mass is 318 g/mol. The number of halogens is 3. The highest BCUT2D eigenvalue weighted by Gasteiger charge is 2.36. The van der Waals surface area contributed by atoms with Crippen LogP contribution in [0, 0.1) is 0 Å². The number of rotatable bonds is 2. The number of nitrogens with zero attached hydrogens (tertiary/aromatic N) is 1. The van der Waals surface area contributed by atoms with Crippen LogP contribution in [0.25, 0.3) is 0 Å². The lowest BCUT2D eigenvalue weighted by Crippen LogP contribution is -2.53. The molecule has 0 saturated carbocycles. The molecule has 2 N–H and O–H groups in total. The molecule has 1 aromatic rings. The number of anilines is 1. The predicted molar refractivity (Wildman–Crippen MR) is 79.6 cm³/mol. The van der Waals surface area contributed by atoms with E-state index in [9.17, 15) is 13.2 Å². The molecule has 116 valence electrons. The third-order valence-electron chi connectivity index (χ3n) is 3.53. The Morgan fingerprint density at radius 3 is 2.57 bits per heavy atom. The average Bonchev–Trinajstić information content (AvgIpc) is 2.36. The number of hydrogen-bond acceptors (Lipinski definition) is 3. The van der Waals surface area contributed by atoms with Crippen molar-refractivity contribution in [1.82, 2.24) is 0 Å². The first-order chi connectivity index (χ1) is 9.63. The lowest BCUT2D eigenvalue weighted by molar-refractivity contribution is -0.137. The van der Waals surface area contributed by atoms with Gasteiger partial charge < -0.3 is 15.4 Å². The molecule has 7 heteroatoms. The van der Waals surface area contributed by atoms with Gasteiger partial charge in [-0.3, -0.25) is 0 Å². The number of benzene rings is 1. The van der Waals surface area contributed by atoms with Crippen LogP contribution in [-0.2, 0) is 10.9 Å². The lowest BCUT2D eigenvalue weighted by Gasteiger charge is -2.44. The fourth-order valence-corrected chi connectivity index (χ4v) is 2.66. The van der Waals surface area contributed by atoms with Crippen LogP contribution in [0.3, 0.4) is 0 Å². The Balaban J connectivity index is 2.47. The summed E-state index contributed by atoms with van der Waals surface area (Å²) < 4.78 is 44.4. The summed E-state index contributed by atoms with van der Waals surface area (Å²) in [5.41, 5.74) is 4.89. The van der Waals surface area contributed by atoms with E-state index in [0.717, 1.165) is 6.07 Å². The van der Waals surface area contributed by atoms with Gasteiger partial charge in [-0.05, 0) is 32.0 Å². The van der Waals surface area contributed by atoms with Crippen LogP contribution in [0.15, 0.2) is 18.2 Å². The highest BCUT2D eigenvalue weighted by molar-refractivity contribution is 7.80. The SMILES string of the molecule is CC1(C)COCCN1c1ccc(C(F)(F)F)c(C(N)=S)c1. The van der Waals surface area contributed by atoms with Gasteiger partial charge in [0.05, 0.1) is 24.3 Å². The summed E-state index contributed by atoms with van der Waals surface area (Å²) in [4.78, 5) is 1.76. The van der Waals surface area contributed by atoms with Gasteiger partial charge in [-0.15, -0.1) is 0 Å². The Hall–Kier alpha value is -1.34. The number of nitrogens with two attached hydrogens (primary N) is 1. The molecule has 0 bridgehead atoms. The molecule has 1 saturated heterocycles. The minimum atomic E-state index is -4.47. The largest absolute Gasteiger partial charge is 0.417 e. The lowest BCUT2D eigenvalue weighted by atomic mass is 9.99. The first kappa shape index (κ1) is 16.0. The molecular weight excluding hydrogens is 301 g/mol. The van der Waals surface area contributed by atoms with Crippen molar-refractivity contribution in [3.63, 3.8) is 0 Å². The van der Waals surface area contributed by atoms with Crippen molar-refractivity contribution in [1.29, 1.82) is 0 Å². The molecule has 1 aliphatic heterocycles. The molecular formula is C14H17F3N2OS. The highest BCUT2D eigenvalue weighted by atomic mass is 32.1. The van der Waals surface area contributed by atoms with Crippen molar-refractivity contribution >= 4 is 22.9 Å². The van der Waals surface area contributed by atoms with Crippen molar-refractivity contribution in [2.24, 2.45) is 5.73 Å². The molecule has 3 nitrogen and oxygen atoms in total. The van der Waals surface area contributed by atoms with E-state index in [1.54, 1.807) is 0 Å². The Kier molecular flexibility index (Phi) is 4.17. The van der Waals surface area contributed by atoms with Crippen molar-refractivity contribution in [3.05, 3.63) is 29.3 Å². The third kappa shape index (κ3) is 3.29. The first-order valence-corrected chi connectivity index (χ1v) is 6.90. The fraction of sp³-hybridized carbons (Fsp3) is 0.500. The van der Waals surface area contributed by atoms with Crippen LogP contribution in [0.5, 0.6) is 0 Å². The molecule has 0 amide bonds. The summed E-state index contributed by atoms with van der Waals surface area (Å²) in [5.74, 6) is 0. The van der Waals surface area contributed by atoms with Crippen molar-refractivity contribution < 1.29 is 17.9 Å².